The van der Waals surface area contributed by atoms with Gasteiger partial charge in [0.2, 0.25) is 5.96 Å². The lowest BCUT2D eigenvalue weighted by Crippen LogP contribution is -2.24. The van der Waals surface area contributed by atoms with Crippen LogP contribution in [-0.2, 0) is 0 Å². The Morgan fingerprint density at radius 2 is 1.68 bits per heavy atom. The Hall–Kier alpha value is -2.69. The molecular weight excluding hydrogens is 274 g/mol. The van der Waals surface area contributed by atoms with E-state index in [1.54, 1.807) is 4.80 Å². The summed E-state index contributed by atoms with van der Waals surface area (Å²) in [6.45, 7) is 4.89. The Morgan fingerprint density at radius 1 is 1.05 bits per heavy atom. The molecule has 0 spiro atoms. The number of fused-ring (bicyclic) bond motifs is 1. The molecular formula is C17H19N5. The fourth-order valence-corrected chi connectivity index (χ4v) is 2.09. The molecule has 0 saturated heterocycles. The smallest absolute Gasteiger partial charge is 0.242 e. The molecule has 0 aliphatic rings. The first-order valence-electron chi connectivity index (χ1n) is 7.47. The van der Waals surface area contributed by atoms with E-state index in [9.17, 15) is 0 Å². The molecule has 1 aromatic heterocycles. The summed E-state index contributed by atoms with van der Waals surface area (Å²) in [5.41, 5.74) is 3.91. The van der Waals surface area contributed by atoms with Gasteiger partial charge >= 0.3 is 0 Å². The van der Waals surface area contributed by atoms with E-state index in [1.807, 2.05) is 36.4 Å². The maximum atomic E-state index is 4.57. The van der Waals surface area contributed by atoms with Crippen molar-refractivity contribution in [3.8, 4) is 0 Å². The van der Waals surface area contributed by atoms with Gasteiger partial charge in [-0.1, -0.05) is 36.8 Å². The number of hydrogen-bond acceptors (Lipinski definition) is 3. The number of aryl methyl sites for hydroxylation is 1. The molecule has 3 aromatic rings. The Kier molecular flexibility index (Phi) is 4.14. The van der Waals surface area contributed by atoms with Crippen LogP contribution >= 0.6 is 0 Å². The number of aromatic nitrogens is 3. The second-order valence-electron chi connectivity index (χ2n) is 5.17. The van der Waals surface area contributed by atoms with Crippen LogP contribution in [0, 0.1) is 6.92 Å². The molecule has 0 aliphatic heterocycles. The van der Waals surface area contributed by atoms with E-state index in [0.29, 0.717) is 5.96 Å². The van der Waals surface area contributed by atoms with E-state index in [0.717, 1.165) is 29.7 Å². The predicted molar refractivity (Wildman–Crippen MR) is 90.3 cm³/mol. The van der Waals surface area contributed by atoms with Gasteiger partial charge in [0, 0.05) is 12.2 Å². The lowest BCUT2D eigenvalue weighted by molar-refractivity contribution is 0.794. The van der Waals surface area contributed by atoms with Gasteiger partial charge < -0.3 is 5.32 Å². The second kappa shape index (κ2) is 6.39. The quantitative estimate of drug-likeness (QED) is 0.594. The van der Waals surface area contributed by atoms with Gasteiger partial charge in [-0.3, -0.25) is 0 Å². The van der Waals surface area contributed by atoms with Crippen molar-refractivity contribution in [2.24, 2.45) is 4.99 Å². The Labute approximate surface area is 129 Å². The minimum absolute atomic E-state index is 0.641. The zero-order valence-corrected chi connectivity index (χ0v) is 12.8. The average Bonchev–Trinajstić information content (AvgIpc) is 2.97. The third-order valence-electron chi connectivity index (χ3n) is 3.27. The predicted octanol–water partition coefficient (Wildman–Crippen LogP) is 3.47. The van der Waals surface area contributed by atoms with E-state index < -0.39 is 0 Å². The minimum atomic E-state index is 0.641. The molecule has 0 unspecified atom stereocenters. The van der Waals surface area contributed by atoms with Crippen molar-refractivity contribution >= 4 is 22.7 Å². The van der Waals surface area contributed by atoms with E-state index in [-0.39, 0.29) is 0 Å². The van der Waals surface area contributed by atoms with Crippen LogP contribution in [0.1, 0.15) is 18.9 Å². The number of nitrogens with zero attached hydrogens (tertiary/aromatic N) is 4. The van der Waals surface area contributed by atoms with Crippen LogP contribution in [0.4, 0.5) is 5.69 Å². The van der Waals surface area contributed by atoms with Crippen molar-refractivity contribution < 1.29 is 0 Å². The summed E-state index contributed by atoms with van der Waals surface area (Å²) in [7, 11) is 0. The standard InChI is InChI=1S/C17H19N5/c1-3-12-18-17(19-14-10-8-13(2)9-11-14)22-20-15-6-4-5-7-16(15)21-22/h4-11H,3,12H2,1-2H3,(H,18,19). The first-order chi connectivity index (χ1) is 10.8. The largest absolute Gasteiger partial charge is 0.323 e. The summed E-state index contributed by atoms with van der Waals surface area (Å²) < 4.78 is 0. The second-order valence-corrected chi connectivity index (χ2v) is 5.17. The topological polar surface area (TPSA) is 55.1 Å². The Balaban J connectivity index is 1.93. The molecule has 0 amide bonds. The molecule has 112 valence electrons. The maximum absolute atomic E-state index is 4.57. The van der Waals surface area contributed by atoms with Gasteiger partial charge in [-0.25, -0.2) is 4.99 Å². The molecule has 5 nitrogen and oxygen atoms in total. The van der Waals surface area contributed by atoms with Gasteiger partial charge in [-0.05, 0) is 37.6 Å². The fraction of sp³-hybridized carbons (Fsp3) is 0.235. The van der Waals surface area contributed by atoms with Gasteiger partial charge in [0.25, 0.3) is 0 Å². The number of benzene rings is 2. The van der Waals surface area contributed by atoms with Crippen LogP contribution in [0.3, 0.4) is 0 Å². The average molecular weight is 293 g/mol. The SMILES string of the molecule is CCCN=C(Nc1ccc(C)cc1)n1nc2ccccc2n1. The van der Waals surface area contributed by atoms with E-state index in [2.05, 4.69) is 46.5 Å². The lowest BCUT2D eigenvalue weighted by atomic mass is 10.2. The van der Waals surface area contributed by atoms with Crippen LogP contribution in [0.5, 0.6) is 0 Å². The first-order valence-corrected chi connectivity index (χ1v) is 7.47. The molecule has 3 rings (SSSR count). The maximum Gasteiger partial charge on any atom is 0.242 e. The minimum Gasteiger partial charge on any atom is -0.323 e. The lowest BCUT2D eigenvalue weighted by Gasteiger charge is -2.09. The summed E-state index contributed by atoms with van der Waals surface area (Å²) in [5.74, 6) is 0.641. The number of aliphatic imine (C=N–C) groups is 1. The van der Waals surface area contributed by atoms with Crippen LogP contribution < -0.4 is 5.32 Å². The molecule has 0 atom stereocenters. The summed E-state index contributed by atoms with van der Waals surface area (Å²) in [5, 5.41) is 12.3. The van der Waals surface area contributed by atoms with Gasteiger partial charge in [0.15, 0.2) is 0 Å². The fourth-order valence-electron chi connectivity index (χ4n) is 2.09. The highest BCUT2D eigenvalue weighted by molar-refractivity contribution is 5.95. The Morgan fingerprint density at radius 3 is 2.27 bits per heavy atom. The van der Waals surface area contributed by atoms with Crippen LogP contribution in [0.25, 0.3) is 11.0 Å². The van der Waals surface area contributed by atoms with Gasteiger partial charge in [0.05, 0.1) is 0 Å². The van der Waals surface area contributed by atoms with Gasteiger partial charge in [-0.2, -0.15) is 0 Å². The molecule has 0 fully saturated rings. The first kappa shape index (κ1) is 14.3. The third-order valence-corrected chi connectivity index (χ3v) is 3.27. The molecule has 1 N–H and O–H groups in total. The number of rotatable bonds is 3. The van der Waals surface area contributed by atoms with Crippen LogP contribution in [-0.4, -0.2) is 27.5 Å². The Bertz CT molecular complexity index is 753. The van der Waals surface area contributed by atoms with E-state index in [1.165, 1.54) is 5.56 Å². The summed E-state index contributed by atoms with van der Waals surface area (Å²) in [6, 6.07) is 16.0. The summed E-state index contributed by atoms with van der Waals surface area (Å²) in [6.07, 6.45) is 0.972. The third kappa shape index (κ3) is 3.14. The van der Waals surface area contributed by atoms with Crippen molar-refractivity contribution in [3.05, 3.63) is 54.1 Å². The van der Waals surface area contributed by atoms with Crippen LogP contribution in [0.15, 0.2) is 53.5 Å². The number of hydrogen-bond donors (Lipinski definition) is 1. The van der Waals surface area contributed by atoms with Gasteiger partial charge in [-0.15, -0.1) is 15.0 Å². The van der Waals surface area contributed by atoms with E-state index in [4.69, 9.17) is 0 Å². The number of anilines is 1. The van der Waals surface area contributed by atoms with Gasteiger partial charge in [0.1, 0.15) is 11.0 Å². The molecule has 0 radical (unpaired) electrons. The highest BCUT2D eigenvalue weighted by Gasteiger charge is 2.08. The molecule has 5 heteroatoms. The van der Waals surface area contributed by atoms with Crippen LogP contribution in [0.2, 0.25) is 0 Å². The molecule has 0 saturated carbocycles. The molecule has 1 heterocycles. The van der Waals surface area contributed by atoms with Crippen molar-refractivity contribution in [2.75, 3.05) is 11.9 Å². The molecule has 0 bridgehead atoms. The van der Waals surface area contributed by atoms with E-state index >= 15 is 0 Å². The van der Waals surface area contributed by atoms with Crippen molar-refractivity contribution in [1.82, 2.24) is 15.0 Å². The molecule has 22 heavy (non-hydrogen) atoms. The highest BCUT2D eigenvalue weighted by Crippen LogP contribution is 2.11. The van der Waals surface area contributed by atoms with Crippen molar-refractivity contribution in [2.45, 2.75) is 20.3 Å². The highest BCUT2D eigenvalue weighted by atomic mass is 15.5. The normalized spacial score (nSPS) is 11.8. The molecule has 0 aliphatic carbocycles. The summed E-state index contributed by atoms with van der Waals surface area (Å²) >= 11 is 0. The number of nitrogens with one attached hydrogen (secondary N) is 1. The van der Waals surface area contributed by atoms with Crippen molar-refractivity contribution in [1.29, 1.82) is 0 Å². The van der Waals surface area contributed by atoms with Crippen molar-refractivity contribution in [3.63, 3.8) is 0 Å². The zero-order chi connectivity index (χ0) is 15.4. The summed E-state index contributed by atoms with van der Waals surface area (Å²) in [4.78, 5) is 6.14. The monoisotopic (exact) mass is 293 g/mol. The zero-order valence-electron chi connectivity index (χ0n) is 12.8. The molecule has 2 aromatic carbocycles.